The van der Waals surface area contributed by atoms with Gasteiger partial charge in [0.15, 0.2) is 0 Å². The quantitative estimate of drug-likeness (QED) is 0.745. The summed E-state index contributed by atoms with van der Waals surface area (Å²) in [6.07, 6.45) is 0. The van der Waals surface area contributed by atoms with Crippen molar-refractivity contribution in [2.24, 2.45) is 0 Å². The van der Waals surface area contributed by atoms with Gasteiger partial charge in [0, 0.05) is 4.90 Å². The van der Waals surface area contributed by atoms with Crippen molar-refractivity contribution in [3.05, 3.63) is 48.0 Å². The maximum Gasteiger partial charge on any atom is 0.234 e. The molecule has 0 radical (unpaired) electrons. The Morgan fingerprint density at radius 3 is 2.81 bits per heavy atom. The van der Waals surface area contributed by atoms with Crippen molar-refractivity contribution in [2.75, 3.05) is 11.1 Å². The second-order valence-corrected chi connectivity index (χ2v) is 6.16. The molecule has 0 unspecified atom stereocenters. The minimum absolute atomic E-state index is 0.0407. The lowest BCUT2D eigenvalue weighted by Crippen LogP contribution is -2.14. The molecule has 0 bridgehead atoms. The Morgan fingerprint density at radius 2 is 2.00 bits per heavy atom. The molecular weight excluding hydrogens is 302 g/mol. The molecule has 6 heteroatoms. The summed E-state index contributed by atoms with van der Waals surface area (Å²) in [6.45, 7) is 2.05. The van der Waals surface area contributed by atoms with Crippen LogP contribution in [0.4, 0.5) is 5.69 Å². The highest BCUT2D eigenvalue weighted by atomic mass is 32.2. The number of thioether (sulfide) groups is 1. The Labute approximate surface area is 130 Å². The molecule has 0 aliphatic carbocycles. The maximum atomic E-state index is 12.0. The predicted octanol–water partition coefficient (Wildman–Crippen LogP) is 3.73. The Balaban J connectivity index is 1.64. The summed E-state index contributed by atoms with van der Waals surface area (Å²) < 4.78 is 8.37. The number of carbonyl (C=O) groups is 1. The first kappa shape index (κ1) is 14.0. The predicted molar refractivity (Wildman–Crippen MR) is 87.9 cm³/mol. The zero-order valence-electron chi connectivity index (χ0n) is 11.4. The van der Waals surface area contributed by atoms with Gasteiger partial charge < -0.3 is 5.32 Å². The van der Waals surface area contributed by atoms with E-state index in [4.69, 9.17) is 0 Å². The monoisotopic (exact) mass is 315 g/mol. The highest BCUT2D eigenvalue weighted by Crippen LogP contribution is 2.22. The zero-order chi connectivity index (χ0) is 14.7. The number of nitrogens with one attached hydrogen (secondary N) is 1. The minimum atomic E-state index is -0.0407. The number of aromatic nitrogens is 2. The van der Waals surface area contributed by atoms with Gasteiger partial charge in [-0.1, -0.05) is 23.8 Å². The van der Waals surface area contributed by atoms with Crippen LogP contribution in [-0.4, -0.2) is 20.4 Å². The van der Waals surface area contributed by atoms with Gasteiger partial charge in [0.2, 0.25) is 5.91 Å². The number of amides is 1. The average molecular weight is 315 g/mol. The number of anilines is 1. The number of carbonyl (C=O) groups excluding carboxylic acids is 1. The third kappa shape index (κ3) is 3.40. The van der Waals surface area contributed by atoms with E-state index in [-0.39, 0.29) is 5.91 Å². The van der Waals surface area contributed by atoms with Crippen molar-refractivity contribution in [1.29, 1.82) is 0 Å². The van der Waals surface area contributed by atoms with Crippen molar-refractivity contribution in [3.8, 4) is 0 Å². The molecule has 4 nitrogen and oxygen atoms in total. The van der Waals surface area contributed by atoms with E-state index in [0.29, 0.717) is 5.75 Å². The number of fused-ring (bicyclic) bond motifs is 1. The van der Waals surface area contributed by atoms with Gasteiger partial charge in [-0.25, -0.2) is 0 Å². The molecule has 106 valence electrons. The fourth-order valence-corrected chi connectivity index (χ4v) is 3.12. The van der Waals surface area contributed by atoms with Gasteiger partial charge in [-0.15, -0.1) is 11.8 Å². The third-order valence-corrected chi connectivity index (χ3v) is 4.51. The van der Waals surface area contributed by atoms with E-state index in [2.05, 4.69) is 14.1 Å². The van der Waals surface area contributed by atoms with E-state index in [1.54, 1.807) is 0 Å². The van der Waals surface area contributed by atoms with Crippen LogP contribution in [0.15, 0.2) is 47.4 Å². The van der Waals surface area contributed by atoms with E-state index in [1.807, 2.05) is 49.4 Å². The molecule has 1 N–H and O–H groups in total. The van der Waals surface area contributed by atoms with Crippen LogP contribution < -0.4 is 5.32 Å². The molecule has 1 amide bonds. The molecule has 0 aliphatic heterocycles. The van der Waals surface area contributed by atoms with Crippen LogP contribution in [-0.2, 0) is 4.79 Å². The van der Waals surface area contributed by atoms with Gasteiger partial charge in [0.1, 0.15) is 11.0 Å². The van der Waals surface area contributed by atoms with Crippen molar-refractivity contribution < 1.29 is 4.79 Å². The molecule has 0 spiro atoms. The van der Waals surface area contributed by atoms with Crippen LogP contribution in [0, 0.1) is 6.92 Å². The highest BCUT2D eigenvalue weighted by Gasteiger charge is 2.08. The number of hydrogen-bond donors (Lipinski definition) is 1. The van der Waals surface area contributed by atoms with Crippen molar-refractivity contribution in [1.82, 2.24) is 8.75 Å². The first-order valence-corrected chi connectivity index (χ1v) is 8.14. The van der Waals surface area contributed by atoms with Gasteiger partial charge in [-0.05, 0) is 31.2 Å². The molecule has 1 aromatic heterocycles. The Hall–Kier alpha value is -1.92. The third-order valence-electron chi connectivity index (χ3n) is 2.95. The zero-order valence-corrected chi connectivity index (χ0v) is 13.0. The number of aryl methyl sites for hydroxylation is 1. The molecule has 3 aromatic rings. The van der Waals surface area contributed by atoms with Crippen LogP contribution >= 0.6 is 23.5 Å². The van der Waals surface area contributed by atoms with Crippen molar-refractivity contribution >= 4 is 46.1 Å². The van der Waals surface area contributed by atoms with Gasteiger partial charge >= 0.3 is 0 Å². The molecule has 3 rings (SSSR count). The van der Waals surface area contributed by atoms with Crippen LogP contribution in [0.3, 0.4) is 0 Å². The molecule has 1 heterocycles. The summed E-state index contributed by atoms with van der Waals surface area (Å²) in [5.41, 5.74) is 3.49. The molecule has 2 aromatic carbocycles. The van der Waals surface area contributed by atoms with Crippen LogP contribution in [0.2, 0.25) is 0 Å². The second-order valence-electron chi connectivity index (χ2n) is 4.59. The molecule has 0 saturated heterocycles. The highest BCUT2D eigenvalue weighted by molar-refractivity contribution is 8.00. The van der Waals surface area contributed by atoms with E-state index in [9.17, 15) is 4.79 Å². The van der Waals surface area contributed by atoms with Crippen molar-refractivity contribution in [3.63, 3.8) is 0 Å². The molecule has 0 atom stereocenters. The number of hydrogen-bond acceptors (Lipinski definition) is 5. The van der Waals surface area contributed by atoms with E-state index >= 15 is 0 Å². The lowest BCUT2D eigenvalue weighted by atomic mass is 10.2. The average Bonchev–Trinajstić information content (AvgIpc) is 2.96. The van der Waals surface area contributed by atoms with Crippen LogP contribution in [0.5, 0.6) is 0 Å². The second kappa shape index (κ2) is 6.24. The summed E-state index contributed by atoms with van der Waals surface area (Å²) >= 11 is 2.67. The van der Waals surface area contributed by atoms with E-state index < -0.39 is 0 Å². The molecule has 0 saturated carbocycles. The Kier molecular flexibility index (Phi) is 4.17. The maximum absolute atomic E-state index is 12.0. The van der Waals surface area contributed by atoms with Crippen molar-refractivity contribution in [2.45, 2.75) is 11.8 Å². The lowest BCUT2D eigenvalue weighted by Gasteiger charge is -2.05. The number of benzene rings is 2. The molecule has 0 fully saturated rings. The van der Waals surface area contributed by atoms with E-state index in [1.165, 1.54) is 17.3 Å². The SMILES string of the molecule is Cc1ccc(SCC(=O)Nc2cccc3nsnc23)cc1. The van der Waals surface area contributed by atoms with Gasteiger partial charge in [0.05, 0.1) is 23.2 Å². The van der Waals surface area contributed by atoms with Gasteiger partial charge in [-0.2, -0.15) is 8.75 Å². The summed E-state index contributed by atoms with van der Waals surface area (Å²) in [6, 6.07) is 13.7. The Bertz CT molecular complexity index is 768. The lowest BCUT2D eigenvalue weighted by molar-refractivity contribution is -0.113. The standard InChI is InChI=1S/C15H13N3OS2/c1-10-5-7-11(8-6-10)20-9-14(19)16-12-3-2-4-13-15(12)18-21-17-13/h2-8H,9H2,1H3,(H,16,19). The summed E-state index contributed by atoms with van der Waals surface area (Å²) in [4.78, 5) is 13.1. The van der Waals surface area contributed by atoms with Gasteiger partial charge in [0.25, 0.3) is 0 Å². The molecular formula is C15H13N3OS2. The minimum Gasteiger partial charge on any atom is -0.323 e. The first-order chi connectivity index (χ1) is 10.2. The van der Waals surface area contributed by atoms with E-state index in [0.717, 1.165) is 33.3 Å². The smallest absolute Gasteiger partial charge is 0.234 e. The summed E-state index contributed by atoms with van der Waals surface area (Å²) in [5.74, 6) is 0.331. The summed E-state index contributed by atoms with van der Waals surface area (Å²) in [5, 5.41) is 2.90. The fourth-order valence-electron chi connectivity index (χ4n) is 1.88. The normalized spacial score (nSPS) is 10.7. The molecule has 21 heavy (non-hydrogen) atoms. The Morgan fingerprint density at radius 1 is 1.19 bits per heavy atom. The fraction of sp³-hybridized carbons (Fsp3) is 0.133. The van der Waals surface area contributed by atoms with Crippen LogP contribution in [0.1, 0.15) is 5.56 Å². The number of rotatable bonds is 4. The topological polar surface area (TPSA) is 54.9 Å². The first-order valence-electron chi connectivity index (χ1n) is 6.43. The largest absolute Gasteiger partial charge is 0.323 e. The van der Waals surface area contributed by atoms with Crippen LogP contribution in [0.25, 0.3) is 11.0 Å². The number of nitrogens with zero attached hydrogens (tertiary/aromatic N) is 2. The summed E-state index contributed by atoms with van der Waals surface area (Å²) in [7, 11) is 0. The molecule has 0 aliphatic rings. The van der Waals surface area contributed by atoms with Gasteiger partial charge in [-0.3, -0.25) is 4.79 Å².